The van der Waals surface area contributed by atoms with Crippen molar-refractivity contribution in [2.45, 2.75) is 85.0 Å². The third-order valence-electron chi connectivity index (χ3n) is 4.45. The number of hydrogen-bond acceptors (Lipinski definition) is 3. The van der Waals surface area contributed by atoms with E-state index in [0.29, 0.717) is 11.5 Å². The summed E-state index contributed by atoms with van der Waals surface area (Å²) in [6.07, 6.45) is 5.25. The molecule has 0 atom stereocenters. The van der Waals surface area contributed by atoms with Crippen LogP contribution in [0.3, 0.4) is 0 Å². The fourth-order valence-electron chi connectivity index (χ4n) is 3.26. The smallest absolute Gasteiger partial charge is 0.163 e. The molecule has 1 spiro atoms. The predicted molar refractivity (Wildman–Crippen MR) is 79.7 cm³/mol. The maximum absolute atomic E-state index is 11.8. The van der Waals surface area contributed by atoms with Crippen molar-refractivity contribution in [3.63, 3.8) is 0 Å². The molecule has 0 aromatic heterocycles. The summed E-state index contributed by atoms with van der Waals surface area (Å²) in [5.41, 5.74) is 0.139. The topological polar surface area (TPSA) is 35.5 Å². The molecule has 0 bridgehead atoms. The van der Waals surface area contributed by atoms with Gasteiger partial charge in [-0.05, 0) is 51.9 Å². The number of carbonyl (C=O) groups excluding carboxylic acids is 1. The Kier molecular flexibility index (Phi) is 4.07. The SMILES string of the molecule is CC(C)(C)OC1CC2(CC(OCC(=O)C(C)(C)C)C2)C1. The summed E-state index contributed by atoms with van der Waals surface area (Å²) < 4.78 is 11.7. The summed E-state index contributed by atoms with van der Waals surface area (Å²) in [7, 11) is 0. The largest absolute Gasteiger partial charge is 0.373 e. The molecule has 0 radical (unpaired) electrons. The minimum atomic E-state index is -0.288. The third kappa shape index (κ3) is 3.82. The molecule has 2 rings (SSSR count). The molecule has 0 amide bonds. The second-order valence-corrected chi connectivity index (χ2v) is 8.77. The molecule has 0 heterocycles. The Morgan fingerprint density at radius 1 is 1.00 bits per heavy atom. The highest BCUT2D eigenvalue weighted by Crippen LogP contribution is 2.58. The first-order chi connectivity index (χ1) is 8.99. The van der Waals surface area contributed by atoms with Gasteiger partial charge in [-0.3, -0.25) is 4.79 Å². The van der Waals surface area contributed by atoms with Crippen molar-refractivity contribution in [1.29, 1.82) is 0 Å². The third-order valence-corrected chi connectivity index (χ3v) is 4.45. The summed E-state index contributed by atoms with van der Waals surface area (Å²) in [5.74, 6) is 0.195. The van der Waals surface area contributed by atoms with E-state index in [1.54, 1.807) is 0 Å². The van der Waals surface area contributed by atoms with E-state index in [9.17, 15) is 4.79 Å². The number of Topliss-reactive ketones (excluding diaryl/α,β-unsaturated/α-hetero) is 1. The highest BCUT2D eigenvalue weighted by atomic mass is 16.5. The molecule has 0 N–H and O–H groups in total. The molecule has 2 saturated carbocycles. The molecule has 0 unspecified atom stereocenters. The molecular formula is C17H30O3. The first kappa shape index (κ1) is 16.0. The number of ketones is 1. The fraction of sp³-hybridized carbons (Fsp3) is 0.941. The fourth-order valence-corrected chi connectivity index (χ4v) is 3.26. The summed E-state index contributed by atoms with van der Waals surface area (Å²) in [5, 5.41) is 0. The molecule has 3 nitrogen and oxygen atoms in total. The van der Waals surface area contributed by atoms with Gasteiger partial charge in [0.2, 0.25) is 0 Å². The maximum Gasteiger partial charge on any atom is 0.163 e. The molecular weight excluding hydrogens is 252 g/mol. The number of ether oxygens (including phenoxy) is 2. The zero-order valence-corrected chi connectivity index (χ0v) is 13.9. The first-order valence-electron chi connectivity index (χ1n) is 7.82. The Labute approximate surface area is 123 Å². The Morgan fingerprint density at radius 2 is 1.50 bits per heavy atom. The van der Waals surface area contributed by atoms with Gasteiger partial charge < -0.3 is 9.47 Å². The van der Waals surface area contributed by atoms with E-state index in [0.717, 1.165) is 25.7 Å². The highest BCUT2D eigenvalue weighted by molar-refractivity contribution is 5.84. The van der Waals surface area contributed by atoms with Crippen LogP contribution in [0.1, 0.15) is 67.2 Å². The van der Waals surface area contributed by atoms with Crippen LogP contribution in [0.15, 0.2) is 0 Å². The van der Waals surface area contributed by atoms with Gasteiger partial charge in [-0.2, -0.15) is 0 Å². The number of carbonyl (C=O) groups is 1. The van der Waals surface area contributed by atoms with E-state index in [-0.39, 0.29) is 29.5 Å². The first-order valence-corrected chi connectivity index (χ1v) is 7.82. The molecule has 0 aromatic carbocycles. The van der Waals surface area contributed by atoms with E-state index in [1.807, 2.05) is 20.8 Å². The minimum absolute atomic E-state index is 0.0367. The zero-order chi connectivity index (χ0) is 15.2. The quantitative estimate of drug-likeness (QED) is 0.788. The second kappa shape index (κ2) is 5.10. The summed E-state index contributed by atoms with van der Waals surface area (Å²) in [4.78, 5) is 11.8. The molecule has 2 aliphatic carbocycles. The second-order valence-electron chi connectivity index (χ2n) is 8.77. The summed E-state index contributed by atoms with van der Waals surface area (Å²) in [6.45, 7) is 12.4. The van der Waals surface area contributed by atoms with Crippen LogP contribution in [0.2, 0.25) is 0 Å². The Bertz CT molecular complexity index is 359. The van der Waals surface area contributed by atoms with E-state index < -0.39 is 0 Å². The molecule has 2 fully saturated rings. The van der Waals surface area contributed by atoms with Gasteiger partial charge in [-0.25, -0.2) is 0 Å². The van der Waals surface area contributed by atoms with Crippen LogP contribution in [0, 0.1) is 10.8 Å². The lowest BCUT2D eigenvalue weighted by molar-refractivity contribution is -0.202. The number of hydrogen-bond donors (Lipinski definition) is 0. The van der Waals surface area contributed by atoms with Crippen LogP contribution < -0.4 is 0 Å². The van der Waals surface area contributed by atoms with Crippen molar-refractivity contribution < 1.29 is 14.3 Å². The van der Waals surface area contributed by atoms with Crippen LogP contribution in [0.5, 0.6) is 0 Å². The van der Waals surface area contributed by atoms with Gasteiger partial charge in [-0.15, -0.1) is 0 Å². The van der Waals surface area contributed by atoms with Crippen LogP contribution in [-0.4, -0.2) is 30.2 Å². The molecule has 0 aliphatic heterocycles. The average molecular weight is 282 g/mol. The highest BCUT2D eigenvalue weighted by Gasteiger charge is 2.54. The molecule has 3 heteroatoms. The van der Waals surface area contributed by atoms with Crippen LogP contribution in [0.25, 0.3) is 0 Å². The molecule has 0 saturated heterocycles. The average Bonchev–Trinajstić information content (AvgIpc) is 2.14. The standard InChI is InChI=1S/C17H30O3/c1-15(2,3)14(18)11-19-12-7-17(8-12)9-13(10-17)20-16(4,5)6/h12-13H,7-11H2,1-6H3. The van der Waals surface area contributed by atoms with Crippen LogP contribution in [0.4, 0.5) is 0 Å². The van der Waals surface area contributed by atoms with Gasteiger partial charge >= 0.3 is 0 Å². The Hall–Kier alpha value is -0.410. The van der Waals surface area contributed by atoms with Gasteiger partial charge in [-0.1, -0.05) is 20.8 Å². The number of rotatable bonds is 4. The van der Waals surface area contributed by atoms with E-state index in [4.69, 9.17) is 9.47 Å². The van der Waals surface area contributed by atoms with Crippen molar-refractivity contribution in [3.8, 4) is 0 Å². The molecule has 0 aromatic rings. The van der Waals surface area contributed by atoms with E-state index >= 15 is 0 Å². The van der Waals surface area contributed by atoms with Crippen molar-refractivity contribution >= 4 is 5.78 Å². The monoisotopic (exact) mass is 282 g/mol. The lowest BCUT2D eigenvalue weighted by Crippen LogP contribution is -2.55. The normalized spacial score (nSPS) is 33.7. The van der Waals surface area contributed by atoms with Gasteiger partial charge in [0.05, 0.1) is 17.8 Å². The Morgan fingerprint density at radius 3 is 1.95 bits per heavy atom. The van der Waals surface area contributed by atoms with E-state index in [2.05, 4.69) is 20.8 Å². The lowest BCUT2D eigenvalue weighted by atomic mass is 9.53. The maximum atomic E-state index is 11.8. The molecule has 2 aliphatic rings. The van der Waals surface area contributed by atoms with Gasteiger partial charge in [0, 0.05) is 5.41 Å². The van der Waals surface area contributed by atoms with Gasteiger partial charge in [0.15, 0.2) is 5.78 Å². The van der Waals surface area contributed by atoms with Crippen molar-refractivity contribution in [3.05, 3.63) is 0 Å². The van der Waals surface area contributed by atoms with E-state index in [1.165, 1.54) is 0 Å². The molecule has 116 valence electrons. The van der Waals surface area contributed by atoms with Crippen LogP contribution in [-0.2, 0) is 14.3 Å². The lowest BCUT2D eigenvalue weighted by Gasteiger charge is -2.57. The van der Waals surface area contributed by atoms with Gasteiger partial charge in [0.1, 0.15) is 6.61 Å². The minimum Gasteiger partial charge on any atom is -0.373 e. The molecule has 20 heavy (non-hydrogen) atoms. The predicted octanol–water partition coefficient (Wildman–Crippen LogP) is 3.74. The van der Waals surface area contributed by atoms with Gasteiger partial charge in [0.25, 0.3) is 0 Å². The van der Waals surface area contributed by atoms with Crippen molar-refractivity contribution in [1.82, 2.24) is 0 Å². The van der Waals surface area contributed by atoms with Crippen LogP contribution >= 0.6 is 0 Å². The summed E-state index contributed by atoms with van der Waals surface area (Å²) in [6, 6.07) is 0. The zero-order valence-electron chi connectivity index (χ0n) is 13.9. The van der Waals surface area contributed by atoms with Crippen molar-refractivity contribution in [2.24, 2.45) is 10.8 Å². The van der Waals surface area contributed by atoms with Crippen molar-refractivity contribution in [2.75, 3.05) is 6.61 Å². The Balaban J connectivity index is 1.63. The summed E-state index contributed by atoms with van der Waals surface area (Å²) >= 11 is 0.